The Kier molecular flexibility index (Phi) is 44.5. The van der Waals surface area contributed by atoms with Crippen LogP contribution in [0, 0.1) is 0 Å². The maximum atomic E-state index is 9.75. The van der Waals surface area contributed by atoms with Crippen LogP contribution in [-0.2, 0) is 20.4 Å². The van der Waals surface area contributed by atoms with E-state index in [4.69, 9.17) is 45.9 Å². The van der Waals surface area contributed by atoms with Crippen LogP contribution in [0.4, 0.5) is 82.1 Å². The number of nitrogens with zero attached hydrogens (tertiary/aromatic N) is 16. The van der Waals surface area contributed by atoms with Gasteiger partial charge in [0.1, 0.15) is 0 Å². The number of nitrogen functional groups attached to an aromatic ring is 8. The van der Waals surface area contributed by atoms with E-state index in [-0.39, 0.29) is 117 Å². The molecule has 8 aromatic rings. The average Bonchev–Trinajstić information content (AvgIpc) is 3.23. The molecule has 8 rings (SSSR count). The molecular formula is C32H50B2F8N24O9Pd. The normalized spacial score (nSPS) is 8.95. The molecule has 0 fully saturated rings. The van der Waals surface area contributed by atoms with Crippen molar-refractivity contribution in [2.75, 3.05) is 45.9 Å². The van der Waals surface area contributed by atoms with Gasteiger partial charge in [-0.05, 0) is 48.5 Å². The summed E-state index contributed by atoms with van der Waals surface area (Å²) in [6.07, 6.45) is 13.2. The van der Waals surface area contributed by atoms with Crippen molar-refractivity contribution in [3.05, 3.63) is 98.1 Å². The molecule has 34 N–H and O–H groups in total. The molecule has 8 heterocycles. The molecule has 44 heteroatoms. The molecular weight excluding hydrogens is 1140 g/mol. The third kappa shape index (κ3) is 35.1. The molecule has 33 nitrogen and oxygen atoms in total. The van der Waals surface area contributed by atoms with Crippen LogP contribution in [0.2, 0.25) is 0 Å². The topological polar surface area (TPSA) is 698 Å². The third-order valence-corrected chi connectivity index (χ3v) is 6.43. The van der Waals surface area contributed by atoms with Crippen molar-refractivity contribution in [1.29, 1.82) is 0 Å². The molecule has 0 bridgehead atoms. The van der Waals surface area contributed by atoms with Gasteiger partial charge in [-0.25, -0.2) is 0 Å². The Balaban J connectivity index is -0.000000122. The minimum Gasteiger partial charge on any atom is -0.418 e. The van der Waals surface area contributed by atoms with E-state index in [0.29, 0.717) is 23.3 Å². The number of rotatable bonds is 4. The van der Waals surface area contributed by atoms with E-state index in [1.165, 1.54) is 0 Å². The first-order valence-electron chi connectivity index (χ1n) is 17.5. The Morgan fingerprint density at radius 2 is 0.342 bits per heavy atom. The van der Waals surface area contributed by atoms with Gasteiger partial charge in [0.25, 0.3) is 0 Å². The molecule has 0 unspecified atom stereocenters. The standard InChI is InChI=1S/4C8H8N6.2BF4.9H2O.Pd/c4*9-7-12-6(13-8(10)14-7)5-1-3-11-4-2-5;2*2-1(3,4)5;;;;;;;;;;/h4*1-4H,(H4,9,10,12,13,14);;;9*1H2;/q;;;;2*-1;;;;;;;;;;+2. The number of hydrogen-bond donors (Lipinski definition) is 8. The van der Waals surface area contributed by atoms with Crippen molar-refractivity contribution < 1.29 is 104 Å². The molecule has 76 heavy (non-hydrogen) atoms. The first-order valence-corrected chi connectivity index (χ1v) is 17.5. The maximum absolute atomic E-state index is 9.75. The van der Waals surface area contributed by atoms with Crippen LogP contribution >= 0.6 is 0 Å². The Labute approximate surface area is 434 Å². The van der Waals surface area contributed by atoms with E-state index in [2.05, 4.69) is 79.7 Å². The van der Waals surface area contributed by atoms with Crippen molar-refractivity contribution in [1.82, 2.24) is 79.7 Å². The van der Waals surface area contributed by atoms with Gasteiger partial charge in [0, 0.05) is 71.8 Å². The van der Waals surface area contributed by atoms with E-state index in [9.17, 15) is 34.5 Å². The minimum absolute atomic E-state index is 0. The molecule has 0 aromatic carbocycles. The van der Waals surface area contributed by atoms with Gasteiger partial charge in [-0.2, -0.15) is 59.8 Å². The van der Waals surface area contributed by atoms with E-state index < -0.39 is 14.5 Å². The molecule has 424 valence electrons. The molecule has 8 aromatic heterocycles. The Morgan fingerprint density at radius 3 is 0.447 bits per heavy atom. The fraction of sp³-hybridized carbons (Fsp3) is 0. The van der Waals surface area contributed by atoms with Gasteiger partial charge in [0.2, 0.25) is 47.6 Å². The second-order valence-corrected chi connectivity index (χ2v) is 11.4. The van der Waals surface area contributed by atoms with Crippen molar-refractivity contribution in [2.45, 2.75) is 0 Å². The summed E-state index contributed by atoms with van der Waals surface area (Å²) < 4.78 is 78.0. The van der Waals surface area contributed by atoms with Crippen LogP contribution in [0.25, 0.3) is 45.6 Å². The first-order chi connectivity index (χ1) is 31.0. The monoisotopic (exact) mass is 1190 g/mol. The van der Waals surface area contributed by atoms with Crippen LogP contribution < -0.4 is 45.9 Å². The zero-order chi connectivity index (χ0) is 48.9. The molecule has 0 amide bonds. The predicted octanol–water partition coefficient (Wildman–Crippen LogP) is -4.43. The van der Waals surface area contributed by atoms with Crippen LogP contribution in [0.3, 0.4) is 0 Å². The van der Waals surface area contributed by atoms with Crippen LogP contribution in [-0.4, -0.2) is 144 Å². The van der Waals surface area contributed by atoms with E-state index >= 15 is 0 Å². The number of pyridine rings is 4. The Bertz CT molecular complexity index is 2300. The molecule has 0 radical (unpaired) electrons. The number of anilines is 8. The number of nitrogens with two attached hydrogens (primary N) is 8. The smallest absolute Gasteiger partial charge is 0.418 e. The van der Waals surface area contributed by atoms with Gasteiger partial charge in [-0.1, -0.05) is 0 Å². The van der Waals surface area contributed by atoms with E-state index in [1.54, 1.807) is 98.1 Å². The summed E-state index contributed by atoms with van der Waals surface area (Å²) in [6.45, 7) is 0. The van der Waals surface area contributed by atoms with Gasteiger partial charge in [0.05, 0.1) is 0 Å². The molecule has 0 saturated carbocycles. The predicted molar refractivity (Wildman–Crippen MR) is 260 cm³/mol. The summed E-state index contributed by atoms with van der Waals surface area (Å²) in [4.78, 5) is 61.9. The molecule has 0 aliphatic carbocycles. The van der Waals surface area contributed by atoms with Crippen molar-refractivity contribution in [2.24, 2.45) is 0 Å². The summed E-state index contributed by atoms with van der Waals surface area (Å²) in [6, 6.07) is 14.2. The Hall–Kier alpha value is -9.09. The van der Waals surface area contributed by atoms with Crippen LogP contribution in [0.15, 0.2) is 98.1 Å². The largest absolute Gasteiger partial charge is 2.00 e. The van der Waals surface area contributed by atoms with Gasteiger partial charge < -0.3 is 130 Å². The fourth-order valence-corrected chi connectivity index (χ4v) is 4.16. The zero-order valence-corrected chi connectivity index (χ0v) is 39.6. The molecule has 0 saturated heterocycles. The Morgan fingerprint density at radius 1 is 0.237 bits per heavy atom. The fourth-order valence-electron chi connectivity index (χ4n) is 4.16. The molecule has 0 atom stereocenters. The molecule has 0 spiro atoms. The summed E-state index contributed by atoms with van der Waals surface area (Å²) in [7, 11) is -12.0. The van der Waals surface area contributed by atoms with Crippen LogP contribution in [0.1, 0.15) is 0 Å². The van der Waals surface area contributed by atoms with Gasteiger partial charge in [0.15, 0.2) is 23.3 Å². The first kappa shape index (κ1) is 83.8. The van der Waals surface area contributed by atoms with Gasteiger partial charge >= 0.3 is 34.9 Å². The van der Waals surface area contributed by atoms with Gasteiger partial charge in [-0.3, -0.25) is 19.9 Å². The van der Waals surface area contributed by atoms with Crippen molar-refractivity contribution in [3.63, 3.8) is 0 Å². The average molecular weight is 1190 g/mol. The quantitative estimate of drug-likeness (QED) is 0.0609. The number of halogens is 8. The van der Waals surface area contributed by atoms with Crippen molar-refractivity contribution >= 4 is 62.1 Å². The van der Waals surface area contributed by atoms with Crippen molar-refractivity contribution in [3.8, 4) is 45.6 Å². The summed E-state index contributed by atoms with van der Waals surface area (Å²) in [5.41, 5.74) is 46.7. The molecule has 0 aliphatic heterocycles. The third-order valence-electron chi connectivity index (χ3n) is 6.43. The zero-order valence-electron chi connectivity index (χ0n) is 38.0. The second-order valence-electron chi connectivity index (χ2n) is 11.4. The maximum Gasteiger partial charge on any atom is 2.00 e. The van der Waals surface area contributed by atoms with Crippen LogP contribution in [0.5, 0.6) is 0 Å². The SMILES string of the molecule is F[B-](F)(F)F.F[B-](F)(F)F.Nc1nc(N)nc(-c2ccncc2)n1.Nc1nc(N)nc(-c2ccncc2)n1.Nc1nc(N)nc(-c2ccncc2)n1.Nc1nc(N)nc(-c2ccncc2)n1.O.O.O.O.O.O.O.O.O.[Pd+2]. The number of hydrogen-bond acceptors (Lipinski definition) is 24. The minimum atomic E-state index is -6.00. The van der Waals surface area contributed by atoms with Gasteiger partial charge in [-0.15, -0.1) is 0 Å². The van der Waals surface area contributed by atoms with E-state index in [1.807, 2.05) is 0 Å². The molecule has 0 aliphatic rings. The summed E-state index contributed by atoms with van der Waals surface area (Å²) >= 11 is 0. The van der Waals surface area contributed by atoms with E-state index in [0.717, 1.165) is 22.3 Å². The summed E-state index contributed by atoms with van der Waals surface area (Å²) in [5.74, 6) is 2.74. The second kappa shape index (κ2) is 40.4. The summed E-state index contributed by atoms with van der Waals surface area (Å²) in [5, 5.41) is 0. The number of aromatic nitrogens is 16.